The van der Waals surface area contributed by atoms with Gasteiger partial charge in [-0.15, -0.1) is 11.3 Å². The van der Waals surface area contributed by atoms with E-state index in [1.54, 1.807) is 6.20 Å². The number of aromatic amines is 1. The Morgan fingerprint density at radius 3 is 2.86 bits per heavy atom. The Kier molecular flexibility index (Phi) is 3.29. The Balaban J connectivity index is 1.81. The molecule has 0 bridgehead atoms. The lowest BCUT2D eigenvalue weighted by Gasteiger charge is -2.05. The van der Waals surface area contributed by atoms with Crippen LogP contribution in [0.1, 0.15) is 0 Å². The van der Waals surface area contributed by atoms with Crippen LogP contribution in [0.5, 0.6) is 0 Å². The third kappa shape index (κ3) is 2.34. The molecule has 2 heterocycles. The first-order valence-corrected chi connectivity index (χ1v) is 7.96. The molecule has 22 heavy (non-hydrogen) atoms. The number of hydrogen-bond acceptors (Lipinski definition) is 4. The molecule has 0 aliphatic carbocycles. The number of aromatic nitrogens is 3. The molecular formula is C16H11ClN4S. The van der Waals surface area contributed by atoms with E-state index in [2.05, 4.69) is 26.6 Å². The molecule has 0 unspecified atom stereocenters. The molecule has 0 aliphatic heterocycles. The van der Waals surface area contributed by atoms with Crippen LogP contribution >= 0.6 is 22.9 Å². The summed E-state index contributed by atoms with van der Waals surface area (Å²) >= 11 is 7.83. The van der Waals surface area contributed by atoms with Crippen molar-refractivity contribution in [3.63, 3.8) is 0 Å². The molecule has 0 radical (unpaired) electrons. The van der Waals surface area contributed by atoms with Crippen molar-refractivity contribution >= 4 is 44.8 Å². The van der Waals surface area contributed by atoms with E-state index >= 15 is 0 Å². The van der Waals surface area contributed by atoms with E-state index in [1.165, 1.54) is 11.3 Å². The highest BCUT2D eigenvalue weighted by molar-refractivity contribution is 7.13. The van der Waals surface area contributed by atoms with Crippen molar-refractivity contribution in [2.75, 3.05) is 5.32 Å². The summed E-state index contributed by atoms with van der Waals surface area (Å²) in [5.41, 5.74) is 3.03. The summed E-state index contributed by atoms with van der Waals surface area (Å²) in [5, 5.41) is 15.1. The van der Waals surface area contributed by atoms with Gasteiger partial charge in [-0.3, -0.25) is 5.10 Å². The fraction of sp³-hybridized carbons (Fsp3) is 0. The Bertz CT molecular complexity index is 930. The summed E-state index contributed by atoms with van der Waals surface area (Å²) in [6, 6.07) is 13.9. The number of hydrogen-bond donors (Lipinski definition) is 2. The molecule has 0 saturated carbocycles. The van der Waals surface area contributed by atoms with Crippen molar-refractivity contribution < 1.29 is 0 Å². The fourth-order valence-corrected chi connectivity index (χ4v) is 3.13. The lowest BCUT2D eigenvalue weighted by molar-refractivity contribution is 1.12. The van der Waals surface area contributed by atoms with Crippen molar-refractivity contribution in [3.05, 3.63) is 59.1 Å². The van der Waals surface area contributed by atoms with Gasteiger partial charge < -0.3 is 5.32 Å². The van der Waals surface area contributed by atoms with Crippen LogP contribution in [0.3, 0.4) is 0 Å². The standard InChI is InChI=1S/C16H11ClN4S/c17-13-4-2-1-3-11(13)10-5-6-14-12(9-10)15(21-20-14)19-16-18-7-8-22-16/h1-9H,(H2,18,19,20,21). The highest BCUT2D eigenvalue weighted by Gasteiger charge is 2.10. The van der Waals surface area contributed by atoms with Crippen LogP contribution in [-0.4, -0.2) is 15.2 Å². The van der Waals surface area contributed by atoms with E-state index in [-0.39, 0.29) is 0 Å². The van der Waals surface area contributed by atoms with Gasteiger partial charge in [-0.25, -0.2) is 4.98 Å². The number of halogens is 1. The number of fused-ring (bicyclic) bond motifs is 1. The summed E-state index contributed by atoms with van der Waals surface area (Å²) in [7, 11) is 0. The first-order chi connectivity index (χ1) is 10.8. The normalized spacial score (nSPS) is 11.0. The molecule has 4 aromatic rings. The van der Waals surface area contributed by atoms with Crippen molar-refractivity contribution in [3.8, 4) is 11.1 Å². The maximum Gasteiger partial charge on any atom is 0.188 e. The smallest absolute Gasteiger partial charge is 0.188 e. The quantitative estimate of drug-likeness (QED) is 0.551. The summed E-state index contributed by atoms with van der Waals surface area (Å²) in [6.07, 6.45) is 1.76. The van der Waals surface area contributed by atoms with Crippen LogP contribution in [0.4, 0.5) is 10.9 Å². The molecule has 2 N–H and O–H groups in total. The van der Waals surface area contributed by atoms with Crippen LogP contribution in [0.2, 0.25) is 5.02 Å². The molecule has 2 aromatic carbocycles. The van der Waals surface area contributed by atoms with Crippen molar-refractivity contribution in [1.29, 1.82) is 0 Å². The van der Waals surface area contributed by atoms with Crippen LogP contribution in [0, 0.1) is 0 Å². The van der Waals surface area contributed by atoms with E-state index in [0.717, 1.165) is 38.0 Å². The monoisotopic (exact) mass is 326 g/mol. The van der Waals surface area contributed by atoms with Gasteiger partial charge in [0.1, 0.15) is 0 Å². The van der Waals surface area contributed by atoms with Crippen molar-refractivity contribution in [2.45, 2.75) is 0 Å². The molecule has 0 aliphatic rings. The molecular weight excluding hydrogens is 316 g/mol. The summed E-state index contributed by atoms with van der Waals surface area (Å²) in [5.74, 6) is 0.763. The van der Waals surface area contributed by atoms with Gasteiger partial charge in [0.05, 0.1) is 5.52 Å². The molecule has 0 saturated heterocycles. The maximum atomic E-state index is 6.29. The van der Waals surface area contributed by atoms with E-state index < -0.39 is 0 Å². The number of anilines is 2. The van der Waals surface area contributed by atoms with Crippen molar-refractivity contribution in [1.82, 2.24) is 15.2 Å². The molecule has 4 nitrogen and oxygen atoms in total. The minimum atomic E-state index is 0.736. The van der Waals surface area contributed by atoms with Crippen LogP contribution in [-0.2, 0) is 0 Å². The van der Waals surface area contributed by atoms with E-state index in [1.807, 2.05) is 41.8 Å². The number of nitrogens with zero attached hydrogens (tertiary/aromatic N) is 2. The molecule has 2 aromatic heterocycles. The first kappa shape index (κ1) is 13.3. The Morgan fingerprint density at radius 2 is 2.05 bits per heavy atom. The van der Waals surface area contributed by atoms with E-state index in [0.29, 0.717) is 0 Å². The summed E-state index contributed by atoms with van der Waals surface area (Å²) < 4.78 is 0. The van der Waals surface area contributed by atoms with Gasteiger partial charge in [-0.1, -0.05) is 35.9 Å². The van der Waals surface area contributed by atoms with Gasteiger partial charge >= 0.3 is 0 Å². The lowest BCUT2D eigenvalue weighted by Crippen LogP contribution is -1.89. The van der Waals surface area contributed by atoms with Crippen LogP contribution in [0.25, 0.3) is 22.0 Å². The zero-order valence-electron chi connectivity index (χ0n) is 11.4. The second-order valence-corrected chi connectivity index (χ2v) is 6.08. The molecule has 0 fully saturated rings. The molecule has 108 valence electrons. The largest absolute Gasteiger partial charge is 0.314 e. The van der Waals surface area contributed by atoms with Gasteiger partial charge in [-0.05, 0) is 23.8 Å². The minimum absolute atomic E-state index is 0.736. The second kappa shape index (κ2) is 5.44. The van der Waals surface area contributed by atoms with Gasteiger partial charge in [0, 0.05) is 27.5 Å². The number of nitrogens with one attached hydrogen (secondary N) is 2. The predicted molar refractivity (Wildman–Crippen MR) is 91.9 cm³/mol. The van der Waals surface area contributed by atoms with E-state index in [9.17, 15) is 0 Å². The number of rotatable bonds is 3. The van der Waals surface area contributed by atoms with Gasteiger partial charge in [0.15, 0.2) is 10.9 Å². The predicted octanol–water partition coefficient (Wildman–Crippen LogP) is 5.08. The average Bonchev–Trinajstić information content (AvgIpc) is 3.18. The van der Waals surface area contributed by atoms with E-state index in [4.69, 9.17) is 11.6 Å². The van der Waals surface area contributed by atoms with Crippen LogP contribution in [0.15, 0.2) is 54.0 Å². The molecule has 4 rings (SSSR count). The Morgan fingerprint density at radius 1 is 1.14 bits per heavy atom. The fourth-order valence-electron chi connectivity index (χ4n) is 2.36. The van der Waals surface area contributed by atoms with Crippen LogP contribution < -0.4 is 5.32 Å². The highest BCUT2D eigenvalue weighted by atomic mass is 35.5. The Labute approximate surface area is 135 Å². The minimum Gasteiger partial charge on any atom is -0.314 e. The molecule has 0 spiro atoms. The number of benzene rings is 2. The second-order valence-electron chi connectivity index (χ2n) is 4.77. The topological polar surface area (TPSA) is 53.6 Å². The molecule has 6 heteroatoms. The number of thiazole rings is 1. The zero-order chi connectivity index (χ0) is 14.9. The van der Waals surface area contributed by atoms with Gasteiger partial charge in [0.25, 0.3) is 0 Å². The average molecular weight is 327 g/mol. The first-order valence-electron chi connectivity index (χ1n) is 6.71. The van der Waals surface area contributed by atoms with Gasteiger partial charge in [0.2, 0.25) is 0 Å². The van der Waals surface area contributed by atoms with Gasteiger partial charge in [-0.2, -0.15) is 5.10 Å². The zero-order valence-corrected chi connectivity index (χ0v) is 12.9. The number of H-pyrrole nitrogens is 1. The maximum absolute atomic E-state index is 6.29. The molecule has 0 atom stereocenters. The SMILES string of the molecule is Clc1ccccc1-c1ccc2[nH]nc(Nc3nccs3)c2c1. The lowest BCUT2D eigenvalue weighted by atomic mass is 10.0. The highest BCUT2D eigenvalue weighted by Crippen LogP contribution is 2.32. The van der Waals surface area contributed by atoms with Crippen molar-refractivity contribution in [2.24, 2.45) is 0 Å². The third-order valence-electron chi connectivity index (χ3n) is 3.41. The third-order valence-corrected chi connectivity index (χ3v) is 4.42. The summed E-state index contributed by atoms with van der Waals surface area (Å²) in [6.45, 7) is 0. The Hall–Kier alpha value is -2.37. The molecule has 0 amide bonds. The summed E-state index contributed by atoms with van der Waals surface area (Å²) in [4.78, 5) is 4.23.